The molecule has 5 nitrogen and oxygen atoms in total. The van der Waals surface area contributed by atoms with Gasteiger partial charge in [0.1, 0.15) is 5.69 Å². The SMILES string of the molecule is CCC(=O)N(SCCC(F)(F)F)c1cn(-c2cccnc2)nc1Cl. The molecule has 0 atom stereocenters. The second-order valence-electron chi connectivity index (χ2n) is 4.70. The van der Waals surface area contributed by atoms with Crippen molar-refractivity contribution in [2.45, 2.75) is 25.9 Å². The van der Waals surface area contributed by atoms with Crippen LogP contribution in [0.4, 0.5) is 18.9 Å². The molecule has 0 N–H and O–H groups in total. The van der Waals surface area contributed by atoms with Gasteiger partial charge in [0.2, 0.25) is 5.91 Å². The van der Waals surface area contributed by atoms with Gasteiger partial charge >= 0.3 is 6.18 Å². The Morgan fingerprint density at radius 3 is 2.79 bits per heavy atom. The van der Waals surface area contributed by atoms with Crippen molar-refractivity contribution in [3.63, 3.8) is 0 Å². The van der Waals surface area contributed by atoms with Gasteiger partial charge in [-0.15, -0.1) is 0 Å². The van der Waals surface area contributed by atoms with Crippen LogP contribution in [0.15, 0.2) is 30.7 Å². The first-order valence-electron chi connectivity index (χ1n) is 7.00. The van der Waals surface area contributed by atoms with Gasteiger partial charge in [0.05, 0.1) is 24.5 Å². The van der Waals surface area contributed by atoms with E-state index in [1.54, 1.807) is 31.5 Å². The van der Waals surface area contributed by atoms with Crippen molar-refractivity contribution >= 4 is 35.1 Å². The highest BCUT2D eigenvalue weighted by Crippen LogP contribution is 2.33. The van der Waals surface area contributed by atoms with Crippen molar-refractivity contribution in [3.8, 4) is 5.69 Å². The lowest BCUT2D eigenvalue weighted by Crippen LogP contribution is -2.24. The van der Waals surface area contributed by atoms with Crippen LogP contribution in [0, 0.1) is 0 Å². The first-order chi connectivity index (χ1) is 11.3. The van der Waals surface area contributed by atoms with Gasteiger partial charge in [-0.05, 0) is 24.1 Å². The van der Waals surface area contributed by atoms with Gasteiger partial charge < -0.3 is 0 Å². The summed E-state index contributed by atoms with van der Waals surface area (Å²) in [4.78, 5) is 16.0. The highest BCUT2D eigenvalue weighted by Gasteiger charge is 2.28. The van der Waals surface area contributed by atoms with E-state index >= 15 is 0 Å². The van der Waals surface area contributed by atoms with Gasteiger partial charge in [-0.2, -0.15) is 18.3 Å². The molecule has 0 bridgehead atoms. The van der Waals surface area contributed by atoms with E-state index in [4.69, 9.17) is 11.6 Å². The van der Waals surface area contributed by atoms with E-state index < -0.39 is 12.6 Å². The minimum absolute atomic E-state index is 0.0279. The van der Waals surface area contributed by atoms with Crippen molar-refractivity contribution in [1.82, 2.24) is 14.8 Å². The van der Waals surface area contributed by atoms with Crippen LogP contribution in [-0.2, 0) is 4.79 Å². The molecule has 0 aliphatic heterocycles. The third kappa shape index (κ3) is 4.88. The van der Waals surface area contributed by atoms with Gasteiger partial charge in [0.25, 0.3) is 0 Å². The summed E-state index contributed by atoms with van der Waals surface area (Å²) < 4.78 is 39.6. The number of anilines is 1. The lowest BCUT2D eigenvalue weighted by atomic mass is 10.4. The highest BCUT2D eigenvalue weighted by atomic mass is 35.5. The number of pyridine rings is 1. The Balaban J connectivity index is 2.23. The highest BCUT2D eigenvalue weighted by molar-refractivity contribution is 8.01. The molecule has 2 aromatic heterocycles. The standard InChI is InChI=1S/C14H14ClF3N4OS/c1-2-12(23)22(24-7-5-14(16,17)18)11-9-21(20-13(11)15)10-4-3-6-19-8-10/h3-4,6,8-9H,2,5,7H2,1H3. The molecule has 0 aliphatic rings. The summed E-state index contributed by atoms with van der Waals surface area (Å²) in [6.07, 6.45) is -0.511. The monoisotopic (exact) mass is 378 g/mol. The smallest absolute Gasteiger partial charge is 0.274 e. The number of hydrogen-bond acceptors (Lipinski definition) is 4. The average molecular weight is 379 g/mol. The third-order valence-corrected chi connectivity index (χ3v) is 4.23. The van der Waals surface area contributed by atoms with Crippen LogP contribution < -0.4 is 4.31 Å². The van der Waals surface area contributed by atoms with E-state index in [0.29, 0.717) is 5.69 Å². The molecule has 0 aromatic carbocycles. The minimum atomic E-state index is -4.28. The van der Waals surface area contributed by atoms with E-state index in [2.05, 4.69) is 10.1 Å². The lowest BCUT2D eigenvalue weighted by Gasteiger charge is -2.19. The number of carbonyl (C=O) groups excluding carboxylic acids is 1. The summed E-state index contributed by atoms with van der Waals surface area (Å²) in [5, 5.41) is 4.12. The topological polar surface area (TPSA) is 51.0 Å². The van der Waals surface area contributed by atoms with Crippen LogP contribution in [0.5, 0.6) is 0 Å². The van der Waals surface area contributed by atoms with E-state index in [0.717, 1.165) is 16.3 Å². The number of hydrogen-bond donors (Lipinski definition) is 0. The van der Waals surface area contributed by atoms with E-state index in [-0.39, 0.29) is 28.9 Å². The zero-order valence-corrected chi connectivity index (χ0v) is 14.2. The lowest BCUT2D eigenvalue weighted by molar-refractivity contribution is -0.129. The molecular formula is C14H14ClF3N4OS. The maximum Gasteiger partial charge on any atom is 0.389 e. The first kappa shape index (κ1) is 18.6. The van der Waals surface area contributed by atoms with E-state index in [1.807, 2.05) is 0 Å². The van der Waals surface area contributed by atoms with Crippen LogP contribution >= 0.6 is 23.5 Å². The summed E-state index contributed by atoms with van der Waals surface area (Å²) in [6, 6.07) is 3.44. The number of aromatic nitrogens is 3. The second kappa shape index (κ2) is 7.89. The van der Waals surface area contributed by atoms with Crippen molar-refractivity contribution < 1.29 is 18.0 Å². The normalized spacial score (nSPS) is 11.5. The Bertz CT molecular complexity index is 693. The molecule has 0 unspecified atom stereocenters. The van der Waals surface area contributed by atoms with Gasteiger partial charge in [-0.1, -0.05) is 18.5 Å². The fourth-order valence-electron chi connectivity index (χ4n) is 1.77. The fraction of sp³-hybridized carbons (Fsp3) is 0.357. The Hall–Kier alpha value is -1.74. The molecule has 1 amide bonds. The zero-order valence-electron chi connectivity index (χ0n) is 12.6. The predicted molar refractivity (Wildman–Crippen MR) is 87.3 cm³/mol. The minimum Gasteiger partial charge on any atom is -0.274 e. The average Bonchev–Trinajstić information content (AvgIpc) is 2.92. The zero-order chi connectivity index (χ0) is 17.7. The molecule has 24 heavy (non-hydrogen) atoms. The van der Waals surface area contributed by atoms with Crippen LogP contribution in [0.25, 0.3) is 5.69 Å². The number of nitrogens with zero attached hydrogens (tertiary/aromatic N) is 4. The van der Waals surface area contributed by atoms with E-state index in [1.165, 1.54) is 10.9 Å². The number of rotatable bonds is 6. The summed E-state index contributed by atoms with van der Waals surface area (Å²) >= 11 is 6.84. The molecule has 0 saturated carbocycles. The molecule has 0 fully saturated rings. The maximum absolute atomic E-state index is 12.3. The predicted octanol–water partition coefficient (Wildman–Crippen LogP) is 4.26. The van der Waals surface area contributed by atoms with Gasteiger partial charge in [0.15, 0.2) is 5.15 Å². The van der Waals surface area contributed by atoms with Crippen LogP contribution in [0.3, 0.4) is 0 Å². The summed E-state index contributed by atoms with van der Waals surface area (Å²) in [5.41, 5.74) is 0.870. The number of halogens is 4. The van der Waals surface area contributed by atoms with E-state index in [9.17, 15) is 18.0 Å². The van der Waals surface area contributed by atoms with Crippen LogP contribution in [0.2, 0.25) is 5.15 Å². The number of amides is 1. The molecule has 130 valence electrons. The number of carbonyl (C=O) groups is 1. The summed E-state index contributed by atoms with van der Waals surface area (Å²) in [6.45, 7) is 1.62. The van der Waals surface area contributed by atoms with Gasteiger partial charge in [-0.25, -0.2) is 8.99 Å². The fourth-order valence-corrected chi connectivity index (χ4v) is 3.09. The molecule has 0 radical (unpaired) electrons. The molecule has 0 spiro atoms. The largest absolute Gasteiger partial charge is 0.389 e. The molecule has 0 saturated heterocycles. The quantitative estimate of drug-likeness (QED) is 0.704. The van der Waals surface area contributed by atoms with Crippen molar-refractivity contribution in [1.29, 1.82) is 0 Å². The Kier molecular flexibility index (Phi) is 6.11. The Morgan fingerprint density at radius 1 is 1.46 bits per heavy atom. The molecule has 2 rings (SSSR count). The summed E-state index contributed by atoms with van der Waals surface area (Å²) in [7, 11) is 0. The van der Waals surface area contributed by atoms with Crippen LogP contribution in [0.1, 0.15) is 19.8 Å². The molecule has 2 aromatic rings. The second-order valence-corrected chi connectivity index (χ2v) is 6.09. The summed E-state index contributed by atoms with van der Waals surface area (Å²) in [5.74, 6) is -0.640. The number of alkyl halides is 3. The Morgan fingerprint density at radius 2 is 2.21 bits per heavy atom. The van der Waals surface area contributed by atoms with Gasteiger partial charge in [0, 0.05) is 18.4 Å². The van der Waals surface area contributed by atoms with Crippen molar-refractivity contribution in [2.24, 2.45) is 0 Å². The molecular weight excluding hydrogens is 365 g/mol. The third-order valence-electron chi connectivity index (χ3n) is 2.92. The van der Waals surface area contributed by atoms with Crippen molar-refractivity contribution in [3.05, 3.63) is 35.9 Å². The maximum atomic E-state index is 12.3. The Labute approximate surface area is 145 Å². The first-order valence-corrected chi connectivity index (χ1v) is 8.32. The van der Waals surface area contributed by atoms with Crippen LogP contribution in [-0.4, -0.2) is 32.6 Å². The molecule has 2 heterocycles. The van der Waals surface area contributed by atoms with Crippen molar-refractivity contribution in [2.75, 3.05) is 10.1 Å². The molecule has 10 heteroatoms. The van der Waals surface area contributed by atoms with Gasteiger partial charge in [-0.3, -0.25) is 9.78 Å². The molecule has 0 aliphatic carbocycles.